The first kappa shape index (κ1) is 21.3. The molecular weight excluding hydrogens is 362 g/mol. The Labute approximate surface area is 173 Å². The van der Waals surface area contributed by atoms with E-state index >= 15 is 0 Å². The zero-order valence-corrected chi connectivity index (χ0v) is 17.1. The average Bonchev–Trinajstić information content (AvgIpc) is 2.97. The van der Waals surface area contributed by atoms with Crippen LogP contribution in [0.15, 0.2) is 24.8 Å². The highest BCUT2D eigenvalue weighted by molar-refractivity contribution is 5.75. The van der Waals surface area contributed by atoms with Crippen molar-refractivity contribution in [1.82, 2.24) is 10.2 Å². The summed E-state index contributed by atoms with van der Waals surface area (Å²) in [6, 6.07) is 6.18. The van der Waals surface area contributed by atoms with Gasteiger partial charge in [0.1, 0.15) is 6.29 Å². The molecule has 0 radical (unpaired) electrons. The normalized spacial score (nSPS) is 21.7. The first-order valence-corrected chi connectivity index (χ1v) is 10.6. The number of fused-ring (bicyclic) bond motifs is 1. The number of benzene rings is 1. The average molecular weight is 394 g/mol. The molecule has 2 atom stereocenters. The van der Waals surface area contributed by atoms with Crippen LogP contribution in [0, 0.1) is 17.2 Å². The van der Waals surface area contributed by atoms with Gasteiger partial charge in [-0.25, -0.2) is 0 Å². The highest BCUT2D eigenvalue weighted by Gasteiger charge is 2.27. The summed E-state index contributed by atoms with van der Waals surface area (Å²) in [5.74, 6) is 0.169. The summed E-state index contributed by atoms with van der Waals surface area (Å²) in [5, 5.41) is 23.4. The van der Waals surface area contributed by atoms with E-state index in [9.17, 15) is 15.2 Å². The SMILES string of the molecule is C=C(NC[C@@H]1CCN(CCCC=O)C[C@H]1O)c1cc(C#N)cc2c1C=CCCC2. The maximum atomic E-state index is 10.6. The number of β-amino-alcohol motifs (C(OH)–C–C–N with tert-alkyl or cyclic N) is 1. The van der Waals surface area contributed by atoms with Crippen molar-refractivity contribution in [2.24, 2.45) is 5.92 Å². The number of nitriles is 1. The summed E-state index contributed by atoms with van der Waals surface area (Å²) in [4.78, 5) is 12.7. The van der Waals surface area contributed by atoms with E-state index in [-0.39, 0.29) is 12.0 Å². The molecule has 0 amide bonds. The lowest BCUT2D eigenvalue weighted by Crippen LogP contribution is -2.47. The highest BCUT2D eigenvalue weighted by Crippen LogP contribution is 2.28. The Morgan fingerprint density at radius 1 is 1.45 bits per heavy atom. The van der Waals surface area contributed by atoms with Crippen LogP contribution < -0.4 is 5.32 Å². The van der Waals surface area contributed by atoms with E-state index in [1.54, 1.807) is 0 Å². The van der Waals surface area contributed by atoms with Crippen LogP contribution in [-0.4, -0.2) is 48.6 Å². The molecule has 5 nitrogen and oxygen atoms in total. The third-order valence-electron chi connectivity index (χ3n) is 6.00. The zero-order valence-electron chi connectivity index (χ0n) is 17.1. The van der Waals surface area contributed by atoms with Crippen molar-refractivity contribution < 1.29 is 9.90 Å². The van der Waals surface area contributed by atoms with Crippen LogP contribution in [0.2, 0.25) is 0 Å². The number of likely N-dealkylation sites (tertiary alicyclic amines) is 1. The van der Waals surface area contributed by atoms with E-state index in [0.717, 1.165) is 68.3 Å². The molecule has 0 spiro atoms. The quantitative estimate of drug-likeness (QED) is 0.524. The molecule has 1 saturated heterocycles. The molecule has 1 aliphatic heterocycles. The van der Waals surface area contributed by atoms with Gasteiger partial charge in [0.15, 0.2) is 0 Å². The number of piperidine rings is 1. The zero-order chi connectivity index (χ0) is 20.6. The Morgan fingerprint density at radius 3 is 3.07 bits per heavy atom. The molecule has 3 rings (SSSR count). The summed E-state index contributed by atoms with van der Waals surface area (Å²) in [6.45, 7) is 7.35. The molecule has 154 valence electrons. The predicted molar refractivity (Wildman–Crippen MR) is 116 cm³/mol. The van der Waals surface area contributed by atoms with Crippen LogP contribution in [0.4, 0.5) is 0 Å². The largest absolute Gasteiger partial charge is 0.391 e. The van der Waals surface area contributed by atoms with Gasteiger partial charge in [-0.15, -0.1) is 0 Å². The smallest absolute Gasteiger partial charge is 0.120 e. The number of rotatable bonds is 8. The lowest BCUT2D eigenvalue weighted by molar-refractivity contribution is -0.108. The van der Waals surface area contributed by atoms with E-state index in [1.165, 1.54) is 5.56 Å². The van der Waals surface area contributed by atoms with E-state index < -0.39 is 0 Å². The topological polar surface area (TPSA) is 76.4 Å². The molecule has 1 aliphatic carbocycles. The van der Waals surface area contributed by atoms with Crippen molar-refractivity contribution in [3.05, 3.63) is 47.0 Å². The van der Waals surface area contributed by atoms with Crippen LogP contribution in [0.1, 0.15) is 54.4 Å². The molecule has 1 aromatic carbocycles. The van der Waals surface area contributed by atoms with Crippen molar-refractivity contribution >= 4 is 18.1 Å². The van der Waals surface area contributed by atoms with E-state index in [0.29, 0.717) is 25.1 Å². The van der Waals surface area contributed by atoms with E-state index in [2.05, 4.69) is 35.0 Å². The third kappa shape index (κ3) is 5.56. The monoisotopic (exact) mass is 393 g/mol. The Balaban J connectivity index is 1.61. The molecule has 0 unspecified atom stereocenters. The summed E-state index contributed by atoms with van der Waals surface area (Å²) in [7, 11) is 0. The maximum Gasteiger partial charge on any atom is 0.120 e. The molecule has 2 aliphatic rings. The molecular formula is C24H31N3O2. The van der Waals surface area contributed by atoms with Gasteiger partial charge in [-0.05, 0) is 68.5 Å². The van der Waals surface area contributed by atoms with Crippen LogP contribution in [0.25, 0.3) is 11.8 Å². The van der Waals surface area contributed by atoms with Gasteiger partial charge in [0.2, 0.25) is 0 Å². The fraction of sp³-hybridized carbons (Fsp3) is 0.500. The minimum Gasteiger partial charge on any atom is -0.391 e. The number of hydrogen-bond acceptors (Lipinski definition) is 5. The Bertz CT molecular complexity index is 809. The molecule has 5 heteroatoms. The maximum absolute atomic E-state index is 10.6. The number of aldehydes is 1. The number of aryl methyl sites for hydroxylation is 1. The number of nitrogens with one attached hydrogen (secondary N) is 1. The second-order valence-corrected chi connectivity index (χ2v) is 8.09. The van der Waals surface area contributed by atoms with Gasteiger partial charge in [0, 0.05) is 36.7 Å². The Morgan fingerprint density at radius 2 is 2.31 bits per heavy atom. The third-order valence-corrected chi connectivity index (χ3v) is 6.00. The number of allylic oxidation sites excluding steroid dienone is 1. The molecule has 1 fully saturated rings. The lowest BCUT2D eigenvalue weighted by Gasteiger charge is -2.36. The number of nitrogens with zero attached hydrogens (tertiary/aromatic N) is 2. The lowest BCUT2D eigenvalue weighted by atomic mass is 9.92. The molecule has 0 bridgehead atoms. The van der Waals surface area contributed by atoms with Gasteiger partial charge in [-0.2, -0.15) is 5.26 Å². The minimum atomic E-state index is -0.386. The molecule has 1 aromatic rings. The minimum absolute atomic E-state index is 0.169. The van der Waals surface area contributed by atoms with Gasteiger partial charge in [-0.3, -0.25) is 0 Å². The first-order chi connectivity index (χ1) is 14.1. The van der Waals surface area contributed by atoms with Crippen molar-refractivity contribution in [3.8, 4) is 6.07 Å². The first-order valence-electron chi connectivity index (χ1n) is 10.6. The van der Waals surface area contributed by atoms with Gasteiger partial charge in [0.25, 0.3) is 0 Å². The number of hydrogen-bond donors (Lipinski definition) is 2. The van der Waals surface area contributed by atoms with Gasteiger partial charge < -0.3 is 20.1 Å². The van der Waals surface area contributed by atoms with Gasteiger partial charge in [0.05, 0.1) is 17.7 Å². The summed E-state index contributed by atoms with van der Waals surface area (Å²) in [6.07, 6.45) is 10.4. The van der Waals surface area contributed by atoms with Crippen molar-refractivity contribution in [2.45, 2.75) is 44.6 Å². The predicted octanol–water partition coefficient (Wildman–Crippen LogP) is 3.13. The van der Waals surface area contributed by atoms with Crippen LogP contribution in [0.3, 0.4) is 0 Å². The highest BCUT2D eigenvalue weighted by atomic mass is 16.3. The molecule has 0 aromatic heterocycles. The van der Waals surface area contributed by atoms with Crippen molar-refractivity contribution in [2.75, 3.05) is 26.2 Å². The second kappa shape index (κ2) is 10.4. The number of carbonyl (C=O) groups excluding carboxylic acids is 1. The fourth-order valence-electron chi connectivity index (χ4n) is 4.28. The molecule has 0 saturated carbocycles. The number of unbranched alkanes of at least 4 members (excludes halogenated alkanes) is 1. The number of carbonyl (C=O) groups is 1. The summed E-state index contributed by atoms with van der Waals surface area (Å²) >= 11 is 0. The summed E-state index contributed by atoms with van der Waals surface area (Å²) < 4.78 is 0. The molecule has 2 N–H and O–H groups in total. The standard InChI is InChI=1S/C24H31N3O2/c1-18(23-14-19(15-25)13-20-7-3-2-4-8-22(20)23)26-16-21-9-11-27(17-24(21)29)10-5-6-12-28/h4,8,12-14,21,24,26,29H,1-3,5-7,9-11,16-17H2/t21-,24+/m0/s1. The van der Waals surface area contributed by atoms with Crippen LogP contribution in [-0.2, 0) is 11.2 Å². The van der Waals surface area contributed by atoms with Gasteiger partial charge >= 0.3 is 0 Å². The molecule has 29 heavy (non-hydrogen) atoms. The number of aliphatic hydroxyl groups excluding tert-OH is 1. The summed E-state index contributed by atoms with van der Waals surface area (Å²) in [5.41, 5.74) is 4.83. The van der Waals surface area contributed by atoms with Gasteiger partial charge in [-0.1, -0.05) is 18.7 Å². The van der Waals surface area contributed by atoms with Crippen LogP contribution >= 0.6 is 0 Å². The fourth-order valence-corrected chi connectivity index (χ4v) is 4.28. The molecule has 1 heterocycles. The van der Waals surface area contributed by atoms with Crippen molar-refractivity contribution in [1.29, 1.82) is 5.26 Å². The van der Waals surface area contributed by atoms with Crippen LogP contribution in [0.5, 0.6) is 0 Å². The van der Waals surface area contributed by atoms with Crippen molar-refractivity contribution in [3.63, 3.8) is 0 Å². The Kier molecular flexibility index (Phi) is 7.62. The number of aliphatic hydroxyl groups is 1. The van der Waals surface area contributed by atoms with E-state index in [1.807, 2.05) is 12.1 Å². The second-order valence-electron chi connectivity index (χ2n) is 8.09. The van der Waals surface area contributed by atoms with E-state index in [4.69, 9.17) is 0 Å². The Hall–Kier alpha value is -2.42.